The fourth-order valence-corrected chi connectivity index (χ4v) is 1.90. The lowest BCUT2D eigenvalue weighted by Gasteiger charge is -2.17. The Balaban J connectivity index is 2.36. The monoisotopic (exact) mass is 314 g/mol. The first kappa shape index (κ1) is 18.2. The predicted molar refractivity (Wildman–Crippen MR) is 75.6 cm³/mol. The molecule has 7 heteroatoms. The van der Waals surface area contributed by atoms with E-state index in [4.69, 9.17) is 14.2 Å². The van der Waals surface area contributed by atoms with Gasteiger partial charge in [0.05, 0.1) is 13.7 Å². The average Bonchev–Trinajstić information content (AvgIpc) is 2.70. The van der Waals surface area contributed by atoms with Crippen LogP contribution < -0.4 is 0 Å². The highest BCUT2D eigenvalue weighted by atomic mass is 16.7. The molecule has 1 aliphatic rings. The first-order valence-electron chi connectivity index (χ1n) is 7.32. The molecule has 0 N–H and O–H groups in total. The van der Waals surface area contributed by atoms with Gasteiger partial charge >= 0.3 is 17.9 Å². The molecule has 0 unspecified atom stereocenters. The molecule has 0 aromatic rings. The number of rotatable bonds is 6. The van der Waals surface area contributed by atoms with Crippen LogP contribution in [0.1, 0.15) is 39.0 Å². The highest BCUT2D eigenvalue weighted by Gasteiger charge is 2.23. The van der Waals surface area contributed by atoms with Gasteiger partial charge in [-0.3, -0.25) is 4.79 Å². The van der Waals surface area contributed by atoms with E-state index in [0.717, 1.165) is 18.6 Å². The number of methoxy groups -OCH3 is 1. The molecule has 1 rings (SSSR count). The zero-order valence-electron chi connectivity index (χ0n) is 12.9. The van der Waals surface area contributed by atoms with Crippen molar-refractivity contribution in [1.82, 2.24) is 0 Å². The van der Waals surface area contributed by atoms with Crippen LogP contribution in [0.5, 0.6) is 0 Å². The minimum absolute atomic E-state index is 0.189. The van der Waals surface area contributed by atoms with Gasteiger partial charge in [-0.05, 0) is 19.3 Å². The Morgan fingerprint density at radius 1 is 1.14 bits per heavy atom. The molecule has 1 saturated heterocycles. The van der Waals surface area contributed by atoms with Crippen LogP contribution in [-0.4, -0.2) is 44.0 Å². The van der Waals surface area contributed by atoms with Crippen LogP contribution in [0.15, 0.2) is 12.2 Å². The molecule has 0 aliphatic carbocycles. The molecule has 124 valence electrons. The largest absolute Gasteiger partial charge is 0.466 e. The van der Waals surface area contributed by atoms with Gasteiger partial charge in [0.15, 0.2) is 0 Å². The summed E-state index contributed by atoms with van der Waals surface area (Å²) in [5.41, 5.74) is 0. The number of hydrogen-bond acceptors (Lipinski definition) is 7. The van der Waals surface area contributed by atoms with E-state index in [9.17, 15) is 14.4 Å². The molecule has 0 amide bonds. The van der Waals surface area contributed by atoms with Crippen molar-refractivity contribution in [1.29, 1.82) is 0 Å². The Hall–Kier alpha value is -1.89. The van der Waals surface area contributed by atoms with Crippen LogP contribution in [0.25, 0.3) is 0 Å². The number of hydrogen-bond donors (Lipinski definition) is 0. The van der Waals surface area contributed by atoms with Crippen LogP contribution >= 0.6 is 0 Å². The summed E-state index contributed by atoms with van der Waals surface area (Å²) in [7, 11) is 1.21. The molecule has 7 nitrogen and oxygen atoms in total. The third kappa shape index (κ3) is 7.21. The van der Waals surface area contributed by atoms with Crippen LogP contribution in [0, 0.1) is 0 Å². The van der Waals surface area contributed by atoms with E-state index in [-0.39, 0.29) is 18.7 Å². The molecule has 0 aromatic heterocycles. The fraction of sp³-hybridized carbons (Fsp3) is 0.667. The van der Waals surface area contributed by atoms with E-state index in [1.54, 1.807) is 0 Å². The Labute approximate surface area is 129 Å². The third-order valence-corrected chi connectivity index (χ3v) is 2.99. The molecule has 0 radical (unpaired) electrons. The maximum atomic E-state index is 11.5. The van der Waals surface area contributed by atoms with Crippen molar-refractivity contribution in [2.75, 3.05) is 13.7 Å². The summed E-state index contributed by atoms with van der Waals surface area (Å²) in [6.45, 7) is 2.09. The molecule has 0 bridgehead atoms. The van der Waals surface area contributed by atoms with Crippen LogP contribution in [0.4, 0.5) is 0 Å². The number of carbonyl (C=O) groups excluding carboxylic acids is 3. The lowest BCUT2D eigenvalue weighted by Crippen LogP contribution is -2.25. The van der Waals surface area contributed by atoms with Gasteiger partial charge in [-0.1, -0.05) is 6.92 Å². The third-order valence-electron chi connectivity index (χ3n) is 2.99. The van der Waals surface area contributed by atoms with Crippen molar-refractivity contribution >= 4 is 17.9 Å². The van der Waals surface area contributed by atoms with Crippen molar-refractivity contribution < 1.29 is 33.3 Å². The Morgan fingerprint density at radius 2 is 1.86 bits per heavy atom. The number of carbonyl (C=O) groups is 3. The van der Waals surface area contributed by atoms with Crippen molar-refractivity contribution in [3.63, 3.8) is 0 Å². The Kier molecular flexibility index (Phi) is 8.21. The fourth-order valence-electron chi connectivity index (χ4n) is 1.90. The van der Waals surface area contributed by atoms with E-state index >= 15 is 0 Å². The van der Waals surface area contributed by atoms with E-state index in [2.05, 4.69) is 4.74 Å². The Morgan fingerprint density at radius 3 is 2.55 bits per heavy atom. The standard InChI is InChI=1S/C15H22O7/c1-3-5-13(17)21-11-6-4-7-15(20-10-11)22-14(18)9-8-12(16)19-2/h8-9,11,15H,3-7,10H2,1-2H3/b9-8+/t11-,15+/m0/s1. The molecular weight excluding hydrogens is 292 g/mol. The van der Waals surface area contributed by atoms with Crippen LogP contribution in [-0.2, 0) is 33.3 Å². The summed E-state index contributed by atoms with van der Waals surface area (Å²) in [6.07, 6.45) is 3.96. The summed E-state index contributed by atoms with van der Waals surface area (Å²) in [5, 5.41) is 0. The SMILES string of the molecule is CCCC(=O)O[C@H]1CCC[C@@H](OC(=O)/C=C/C(=O)OC)OC1. The summed E-state index contributed by atoms with van der Waals surface area (Å²) >= 11 is 0. The molecule has 0 saturated carbocycles. The second-order valence-electron chi connectivity index (χ2n) is 4.85. The van der Waals surface area contributed by atoms with Crippen molar-refractivity contribution in [3.05, 3.63) is 12.2 Å². The summed E-state index contributed by atoms with van der Waals surface area (Å²) in [4.78, 5) is 33.8. The molecule has 1 heterocycles. The lowest BCUT2D eigenvalue weighted by atomic mass is 10.2. The molecular formula is C15H22O7. The first-order chi connectivity index (χ1) is 10.5. The maximum absolute atomic E-state index is 11.5. The van der Waals surface area contributed by atoms with Crippen LogP contribution in [0.2, 0.25) is 0 Å². The summed E-state index contributed by atoms with van der Waals surface area (Å²) < 4.78 is 20.1. The lowest BCUT2D eigenvalue weighted by molar-refractivity contribution is -0.180. The number of esters is 3. The van der Waals surface area contributed by atoms with Gasteiger partial charge in [0.25, 0.3) is 0 Å². The minimum atomic E-state index is -0.704. The van der Waals surface area contributed by atoms with Gasteiger partial charge in [-0.15, -0.1) is 0 Å². The second kappa shape index (κ2) is 9.94. The predicted octanol–water partition coefficient (Wildman–Crippen LogP) is 1.50. The number of ether oxygens (including phenoxy) is 4. The minimum Gasteiger partial charge on any atom is -0.466 e. The molecule has 0 aromatic carbocycles. The molecule has 2 atom stereocenters. The maximum Gasteiger partial charge on any atom is 0.333 e. The highest BCUT2D eigenvalue weighted by molar-refractivity contribution is 5.91. The molecule has 0 spiro atoms. The van der Waals surface area contributed by atoms with Gasteiger partial charge in [-0.2, -0.15) is 0 Å². The van der Waals surface area contributed by atoms with Crippen molar-refractivity contribution in [2.24, 2.45) is 0 Å². The van der Waals surface area contributed by atoms with Crippen LogP contribution in [0.3, 0.4) is 0 Å². The van der Waals surface area contributed by atoms with Gasteiger partial charge in [0, 0.05) is 25.0 Å². The average molecular weight is 314 g/mol. The Bertz CT molecular complexity index is 416. The summed E-state index contributed by atoms with van der Waals surface area (Å²) in [5.74, 6) is -1.56. The van der Waals surface area contributed by atoms with E-state index in [0.29, 0.717) is 25.7 Å². The van der Waals surface area contributed by atoms with Crippen molar-refractivity contribution in [2.45, 2.75) is 51.4 Å². The first-order valence-corrected chi connectivity index (χ1v) is 7.32. The quantitative estimate of drug-likeness (QED) is 0.417. The second-order valence-corrected chi connectivity index (χ2v) is 4.85. The summed E-state index contributed by atoms with van der Waals surface area (Å²) in [6, 6.07) is 0. The molecule has 1 fully saturated rings. The van der Waals surface area contributed by atoms with E-state index in [1.807, 2.05) is 6.92 Å². The molecule has 1 aliphatic heterocycles. The smallest absolute Gasteiger partial charge is 0.333 e. The normalized spacial score (nSPS) is 21.9. The molecule has 22 heavy (non-hydrogen) atoms. The van der Waals surface area contributed by atoms with E-state index in [1.165, 1.54) is 7.11 Å². The van der Waals surface area contributed by atoms with E-state index < -0.39 is 18.2 Å². The van der Waals surface area contributed by atoms with Gasteiger partial charge < -0.3 is 18.9 Å². The topological polar surface area (TPSA) is 88.1 Å². The highest BCUT2D eigenvalue weighted by Crippen LogP contribution is 2.17. The van der Waals surface area contributed by atoms with Gasteiger partial charge in [0.2, 0.25) is 6.29 Å². The van der Waals surface area contributed by atoms with Crippen molar-refractivity contribution in [3.8, 4) is 0 Å². The van der Waals surface area contributed by atoms with Gasteiger partial charge in [0.1, 0.15) is 6.10 Å². The zero-order valence-corrected chi connectivity index (χ0v) is 12.9. The van der Waals surface area contributed by atoms with Gasteiger partial charge in [-0.25, -0.2) is 9.59 Å². The zero-order chi connectivity index (χ0) is 16.4.